The summed E-state index contributed by atoms with van der Waals surface area (Å²) in [5, 5.41) is 4.52. The van der Waals surface area contributed by atoms with Crippen LogP contribution in [0.2, 0.25) is 0 Å². The second-order valence-corrected chi connectivity index (χ2v) is 7.96. The fraction of sp³-hybridized carbons (Fsp3) is 0.0909. The summed E-state index contributed by atoms with van der Waals surface area (Å²) in [6.45, 7) is 0.672. The maximum absolute atomic E-state index is 4.90. The monoisotopic (exact) mass is 405 g/mol. The third-order valence-electron chi connectivity index (χ3n) is 4.12. The van der Waals surface area contributed by atoms with Gasteiger partial charge >= 0.3 is 160 Å². The Balaban J connectivity index is 1.69. The van der Waals surface area contributed by atoms with Gasteiger partial charge in [0.15, 0.2) is 0 Å². The molecule has 0 saturated heterocycles. The van der Waals surface area contributed by atoms with E-state index in [-0.39, 0.29) is 15.0 Å². The van der Waals surface area contributed by atoms with Crippen LogP contribution in [-0.2, 0) is 11.9 Å². The van der Waals surface area contributed by atoms with Crippen molar-refractivity contribution in [3.05, 3.63) is 102 Å². The molecule has 26 heavy (non-hydrogen) atoms. The Morgan fingerprint density at radius 3 is 2.35 bits per heavy atom. The molecular weight excluding hydrogens is 385 g/mol. The van der Waals surface area contributed by atoms with Gasteiger partial charge in [-0.05, 0) is 0 Å². The molecule has 4 heteroatoms. The van der Waals surface area contributed by atoms with Crippen LogP contribution in [0.3, 0.4) is 0 Å². The SMILES string of the molecule is c1ccc(CN=C2/N=C(/c3ccccc3)Nc3ccccc3C[Se]2)cc1. The first-order valence-corrected chi connectivity index (χ1v) is 10.7. The first-order valence-electron chi connectivity index (χ1n) is 8.59. The summed E-state index contributed by atoms with van der Waals surface area (Å²) in [6, 6.07) is 29.1. The fourth-order valence-corrected chi connectivity index (χ4v) is 4.53. The molecule has 4 rings (SSSR count). The van der Waals surface area contributed by atoms with Gasteiger partial charge in [-0.25, -0.2) is 0 Å². The number of fused-ring (bicyclic) bond motifs is 1. The van der Waals surface area contributed by atoms with Crippen LogP contribution < -0.4 is 5.32 Å². The minimum absolute atomic E-state index is 0.201. The summed E-state index contributed by atoms with van der Waals surface area (Å²) in [6.07, 6.45) is 0. The minimum atomic E-state index is 0.201. The molecule has 0 spiro atoms. The molecule has 0 saturated carbocycles. The van der Waals surface area contributed by atoms with Crippen LogP contribution in [0.25, 0.3) is 0 Å². The Morgan fingerprint density at radius 2 is 1.54 bits per heavy atom. The number of benzene rings is 3. The molecule has 1 heterocycles. The zero-order valence-corrected chi connectivity index (χ0v) is 16.0. The normalized spacial score (nSPS) is 17.4. The van der Waals surface area contributed by atoms with Gasteiger partial charge in [0.25, 0.3) is 0 Å². The molecule has 0 aliphatic carbocycles. The van der Waals surface area contributed by atoms with Crippen LogP contribution in [0.4, 0.5) is 5.69 Å². The van der Waals surface area contributed by atoms with Crippen LogP contribution in [0.5, 0.6) is 0 Å². The van der Waals surface area contributed by atoms with Gasteiger partial charge in [0, 0.05) is 0 Å². The molecule has 1 aliphatic rings. The van der Waals surface area contributed by atoms with E-state index in [1.54, 1.807) is 0 Å². The van der Waals surface area contributed by atoms with Crippen molar-refractivity contribution in [2.75, 3.05) is 5.32 Å². The number of amidine groups is 2. The second kappa shape index (κ2) is 8.13. The summed E-state index contributed by atoms with van der Waals surface area (Å²) in [5.41, 5.74) is 4.75. The van der Waals surface area contributed by atoms with Crippen molar-refractivity contribution in [2.24, 2.45) is 9.98 Å². The molecule has 0 fully saturated rings. The quantitative estimate of drug-likeness (QED) is 0.649. The van der Waals surface area contributed by atoms with Gasteiger partial charge in [0.2, 0.25) is 0 Å². The van der Waals surface area contributed by atoms with E-state index in [9.17, 15) is 0 Å². The third kappa shape index (κ3) is 4.10. The number of hydrogen-bond acceptors (Lipinski definition) is 2. The van der Waals surface area contributed by atoms with E-state index >= 15 is 0 Å². The van der Waals surface area contributed by atoms with E-state index in [1.807, 2.05) is 24.3 Å². The van der Waals surface area contributed by atoms with Gasteiger partial charge in [0.05, 0.1) is 0 Å². The fourth-order valence-electron chi connectivity index (χ4n) is 2.75. The molecule has 0 radical (unpaired) electrons. The summed E-state index contributed by atoms with van der Waals surface area (Å²) in [7, 11) is 0. The van der Waals surface area contributed by atoms with E-state index in [0.29, 0.717) is 6.54 Å². The second-order valence-electron chi connectivity index (χ2n) is 5.98. The van der Waals surface area contributed by atoms with Crippen LogP contribution >= 0.6 is 0 Å². The predicted octanol–water partition coefficient (Wildman–Crippen LogP) is 4.32. The molecule has 3 nitrogen and oxygen atoms in total. The average molecular weight is 404 g/mol. The average Bonchev–Trinajstić information content (AvgIpc) is 2.69. The number of nitrogens with zero attached hydrogens (tertiary/aromatic N) is 2. The van der Waals surface area contributed by atoms with Crippen LogP contribution in [0.1, 0.15) is 16.7 Å². The number of nitrogens with one attached hydrogen (secondary N) is 1. The Morgan fingerprint density at radius 1 is 0.846 bits per heavy atom. The molecule has 1 aliphatic heterocycles. The van der Waals surface area contributed by atoms with Gasteiger partial charge < -0.3 is 0 Å². The molecule has 3 aromatic rings. The number of aliphatic imine (C=N–C) groups is 2. The Bertz CT molecular complexity index is 934. The van der Waals surface area contributed by atoms with Crippen molar-refractivity contribution in [3.63, 3.8) is 0 Å². The summed E-state index contributed by atoms with van der Waals surface area (Å²) in [5.74, 6) is 0.867. The van der Waals surface area contributed by atoms with E-state index < -0.39 is 0 Å². The zero-order chi connectivity index (χ0) is 17.6. The van der Waals surface area contributed by atoms with E-state index in [4.69, 9.17) is 9.98 Å². The van der Waals surface area contributed by atoms with Crippen molar-refractivity contribution in [3.8, 4) is 0 Å². The van der Waals surface area contributed by atoms with Crippen LogP contribution in [0, 0.1) is 0 Å². The third-order valence-corrected chi connectivity index (χ3v) is 6.08. The van der Waals surface area contributed by atoms with Gasteiger partial charge in [-0.1, -0.05) is 0 Å². The first-order chi connectivity index (χ1) is 12.9. The molecule has 0 bridgehead atoms. The first kappa shape index (κ1) is 16.8. The van der Waals surface area contributed by atoms with Crippen LogP contribution in [0.15, 0.2) is 94.9 Å². The maximum atomic E-state index is 4.90. The van der Waals surface area contributed by atoms with Crippen molar-refractivity contribution >= 4 is 31.2 Å². The Kier molecular flexibility index (Phi) is 5.25. The number of para-hydroxylation sites is 1. The molecule has 3 aromatic carbocycles. The summed E-state index contributed by atoms with van der Waals surface area (Å²) < 4.78 is 0.946. The van der Waals surface area contributed by atoms with Crippen molar-refractivity contribution in [1.82, 2.24) is 0 Å². The topological polar surface area (TPSA) is 36.8 Å². The van der Waals surface area contributed by atoms with Gasteiger partial charge in [-0.2, -0.15) is 0 Å². The number of hydrogen-bond donors (Lipinski definition) is 1. The number of rotatable bonds is 3. The molecule has 0 amide bonds. The number of anilines is 1. The van der Waals surface area contributed by atoms with E-state index in [0.717, 1.165) is 27.1 Å². The molecular formula is C22H19N3Se. The molecule has 0 atom stereocenters. The molecule has 0 unspecified atom stereocenters. The van der Waals surface area contributed by atoms with Gasteiger partial charge in [0.1, 0.15) is 0 Å². The molecule has 1 N–H and O–H groups in total. The zero-order valence-electron chi connectivity index (χ0n) is 14.3. The van der Waals surface area contributed by atoms with E-state index in [1.165, 1.54) is 11.1 Å². The van der Waals surface area contributed by atoms with Gasteiger partial charge in [-0.15, -0.1) is 0 Å². The summed E-state index contributed by atoms with van der Waals surface area (Å²) >= 11 is 0.201. The Labute approximate surface area is 160 Å². The van der Waals surface area contributed by atoms with E-state index in [2.05, 4.69) is 66.0 Å². The molecule has 0 aromatic heterocycles. The van der Waals surface area contributed by atoms with Crippen LogP contribution in [-0.4, -0.2) is 25.5 Å². The summed E-state index contributed by atoms with van der Waals surface area (Å²) in [4.78, 5) is 9.72. The van der Waals surface area contributed by atoms with Crippen molar-refractivity contribution in [1.29, 1.82) is 0 Å². The van der Waals surface area contributed by atoms with Crippen molar-refractivity contribution < 1.29 is 0 Å². The Hall–Kier alpha value is -2.68. The van der Waals surface area contributed by atoms with Crippen molar-refractivity contribution in [2.45, 2.75) is 11.9 Å². The molecule has 128 valence electrons. The standard InChI is InChI=1S/C22H19N3Se/c1-3-9-17(10-4-1)15-23-22-25-21(18-11-5-2-6-12-18)24-20-14-8-7-13-19(20)16-26-22/h1-14H,15-16H2,(H,23,24,25). The predicted molar refractivity (Wildman–Crippen MR) is 110 cm³/mol. The van der Waals surface area contributed by atoms with Gasteiger partial charge in [-0.3, -0.25) is 0 Å².